The smallest absolute Gasteiger partial charge is 0.408 e. The molecule has 1 amide bonds. The summed E-state index contributed by atoms with van der Waals surface area (Å²) in [6.45, 7) is 1.27. The standard InChI is InChI=1S/C15H20N2O4/c1-17-12-10-11(4-6-13(12)21-15(17)19)5-7-14(18)16-8-3-9-20-2/h4,6,10H,3,5,7-9H2,1-2H3,(H,16,18). The van der Waals surface area contributed by atoms with Crippen LogP contribution in [0.25, 0.3) is 11.1 Å². The fourth-order valence-electron chi connectivity index (χ4n) is 2.12. The van der Waals surface area contributed by atoms with Gasteiger partial charge in [-0.2, -0.15) is 0 Å². The normalized spacial score (nSPS) is 11.0. The number of fused-ring (bicyclic) bond motifs is 1. The van der Waals surface area contributed by atoms with Gasteiger partial charge in [0.25, 0.3) is 0 Å². The molecule has 0 saturated heterocycles. The summed E-state index contributed by atoms with van der Waals surface area (Å²) < 4.78 is 11.5. The van der Waals surface area contributed by atoms with E-state index in [1.165, 1.54) is 4.57 Å². The first-order valence-electron chi connectivity index (χ1n) is 6.96. The average molecular weight is 292 g/mol. The number of amides is 1. The van der Waals surface area contributed by atoms with E-state index in [1.54, 1.807) is 20.2 Å². The van der Waals surface area contributed by atoms with Crippen LogP contribution in [0, 0.1) is 0 Å². The molecule has 1 heterocycles. The maximum absolute atomic E-state index is 11.7. The van der Waals surface area contributed by atoms with Gasteiger partial charge in [-0.1, -0.05) is 6.07 Å². The predicted molar refractivity (Wildman–Crippen MR) is 79.3 cm³/mol. The maximum atomic E-state index is 11.7. The number of hydrogen-bond acceptors (Lipinski definition) is 4. The van der Waals surface area contributed by atoms with Crippen molar-refractivity contribution in [3.63, 3.8) is 0 Å². The fraction of sp³-hybridized carbons (Fsp3) is 0.467. The molecule has 0 fully saturated rings. The van der Waals surface area contributed by atoms with Crippen molar-refractivity contribution in [1.29, 1.82) is 0 Å². The number of hydrogen-bond donors (Lipinski definition) is 1. The Labute approximate surface area is 122 Å². The Bertz CT molecular complexity index is 672. The highest BCUT2D eigenvalue weighted by molar-refractivity contribution is 5.77. The van der Waals surface area contributed by atoms with E-state index < -0.39 is 0 Å². The van der Waals surface area contributed by atoms with Gasteiger partial charge in [0.05, 0.1) is 5.52 Å². The number of methoxy groups -OCH3 is 1. The lowest BCUT2D eigenvalue weighted by atomic mass is 10.1. The molecule has 6 nitrogen and oxygen atoms in total. The van der Waals surface area contributed by atoms with E-state index in [1.807, 2.05) is 12.1 Å². The molecule has 0 spiro atoms. The lowest BCUT2D eigenvalue weighted by molar-refractivity contribution is -0.121. The lowest BCUT2D eigenvalue weighted by Crippen LogP contribution is -2.25. The van der Waals surface area contributed by atoms with Gasteiger partial charge in [-0.25, -0.2) is 4.79 Å². The molecule has 6 heteroatoms. The molecule has 0 aliphatic rings. The van der Waals surface area contributed by atoms with Gasteiger partial charge in [-0.05, 0) is 30.5 Å². The van der Waals surface area contributed by atoms with Crippen LogP contribution >= 0.6 is 0 Å². The van der Waals surface area contributed by atoms with E-state index in [0.717, 1.165) is 17.5 Å². The topological polar surface area (TPSA) is 73.5 Å². The first-order chi connectivity index (χ1) is 10.1. The highest BCUT2D eigenvalue weighted by Gasteiger charge is 2.07. The first kappa shape index (κ1) is 15.3. The average Bonchev–Trinajstić information content (AvgIpc) is 2.76. The zero-order valence-electron chi connectivity index (χ0n) is 12.3. The van der Waals surface area contributed by atoms with E-state index in [2.05, 4.69) is 5.32 Å². The van der Waals surface area contributed by atoms with Crippen molar-refractivity contribution >= 4 is 17.0 Å². The van der Waals surface area contributed by atoms with Gasteiger partial charge in [-0.3, -0.25) is 9.36 Å². The van der Waals surface area contributed by atoms with Crippen LogP contribution in [0.2, 0.25) is 0 Å². The van der Waals surface area contributed by atoms with Crippen LogP contribution in [-0.2, 0) is 23.0 Å². The summed E-state index contributed by atoms with van der Waals surface area (Å²) >= 11 is 0. The summed E-state index contributed by atoms with van der Waals surface area (Å²) in [5.74, 6) is -0.356. The van der Waals surface area contributed by atoms with Gasteiger partial charge in [0.2, 0.25) is 5.91 Å². The van der Waals surface area contributed by atoms with Gasteiger partial charge < -0.3 is 14.5 Å². The van der Waals surface area contributed by atoms with Crippen molar-refractivity contribution < 1.29 is 13.9 Å². The number of nitrogens with one attached hydrogen (secondary N) is 1. The van der Waals surface area contributed by atoms with Crippen LogP contribution in [0.1, 0.15) is 18.4 Å². The molecule has 1 N–H and O–H groups in total. The van der Waals surface area contributed by atoms with Crippen molar-refractivity contribution in [3.8, 4) is 0 Å². The third kappa shape index (κ3) is 3.95. The summed E-state index contributed by atoms with van der Waals surface area (Å²) in [7, 11) is 3.31. The number of benzene rings is 1. The van der Waals surface area contributed by atoms with E-state index in [0.29, 0.717) is 31.6 Å². The summed E-state index contributed by atoms with van der Waals surface area (Å²) in [6, 6.07) is 5.53. The molecule has 1 aromatic carbocycles. The Kier molecular flexibility index (Phi) is 5.16. The number of rotatable bonds is 7. The minimum Gasteiger partial charge on any atom is -0.408 e. The number of oxazole rings is 1. The molecule has 0 aliphatic carbocycles. The number of carbonyl (C=O) groups excluding carboxylic acids is 1. The molecular formula is C15H20N2O4. The van der Waals surface area contributed by atoms with Gasteiger partial charge in [0, 0.05) is 33.7 Å². The molecule has 0 aliphatic heterocycles. The zero-order chi connectivity index (χ0) is 15.2. The Morgan fingerprint density at radius 2 is 2.24 bits per heavy atom. The Morgan fingerprint density at radius 1 is 1.43 bits per heavy atom. The van der Waals surface area contributed by atoms with E-state index >= 15 is 0 Å². The Hall–Kier alpha value is -2.08. The molecular weight excluding hydrogens is 272 g/mol. The molecule has 0 radical (unpaired) electrons. The van der Waals surface area contributed by atoms with E-state index in [-0.39, 0.29) is 11.7 Å². The fourth-order valence-corrected chi connectivity index (χ4v) is 2.12. The zero-order valence-corrected chi connectivity index (χ0v) is 12.3. The van der Waals surface area contributed by atoms with Crippen molar-refractivity contribution in [2.24, 2.45) is 7.05 Å². The second-order valence-electron chi connectivity index (χ2n) is 4.93. The van der Waals surface area contributed by atoms with Gasteiger partial charge in [-0.15, -0.1) is 0 Å². The quantitative estimate of drug-likeness (QED) is 0.779. The van der Waals surface area contributed by atoms with Crippen molar-refractivity contribution in [2.45, 2.75) is 19.3 Å². The Morgan fingerprint density at radius 3 is 3.00 bits per heavy atom. The molecule has 21 heavy (non-hydrogen) atoms. The highest BCUT2D eigenvalue weighted by atomic mass is 16.5. The van der Waals surface area contributed by atoms with E-state index in [9.17, 15) is 9.59 Å². The minimum atomic E-state index is -0.377. The monoisotopic (exact) mass is 292 g/mol. The van der Waals surface area contributed by atoms with Gasteiger partial charge in [0.1, 0.15) is 0 Å². The van der Waals surface area contributed by atoms with Crippen LogP contribution in [0.15, 0.2) is 27.4 Å². The highest BCUT2D eigenvalue weighted by Crippen LogP contribution is 2.15. The first-order valence-corrected chi connectivity index (χ1v) is 6.96. The third-order valence-electron chi connectivity index (χ3n) is 3.34. The molecule has 0 bridgehead atoms. The number of ether oxygens (including phenoxy) is 1. The molecule has 1 aromatic heterocycles. The number of aromatic nitrogens is 1. The second kappa shape index (κ2) is 7.08. The van der Waals surface area contributed by atoms with Crippen LogP contribution in [-0.4, -0.2) is 30.7 Å². The number of nitrogens with zero attached hydrogens (tertiary/aromatic N) is 1. The van der Waals surface area contributed by atoms with E-state index in [4.69, 9.17) is 9.15 Å². The van der Waals surface area contributed by atoms with Crippen molar-refractivity contribution in [2.75, 3.05) is 20.3 Å². The summed E-state index contributed by atoms with van der Waals surface area (Å²) in [6.07, 6.45) is 1.86. The second-order valence-corrected chi connectivity index (χ2v) is 4.93. The molecule has 2 rings (SSSR count). The van der Waals surface area contributed by atoms with Crippen LogP contribution in [0.4, 0.5) is 0 Å². The van der Waals surface area contributed by atoms with Crippen LogP contribution in [0.5, 0.6) is 0 Å². The largest absolute Gasteiger partial charge is 0.419 e. The molecule has 0 atom stereocenters. The SMILES string of the molecule is COCCCNC(=O)CCc1ccc2oc(=O)n(C)c2c1. The maximum Gasteiger partial charge on any atom is 0.419 e. The van der Waals surface area contributed by atoms with Gasteiger partial charge in [0.15, 0.2) is 5.58 Å². The Balaban J connectivity index is 1.90. The lowest BCUT2D eigenvalue weighted by Gasteiger charge is -2.05. The number of aryl methyl sites for hydroxylation is 2. The predicted octanol–water partition coefficient (Wildman–Crippen LogP) is 1.22. The molecule has 2 aromatic rings. The minimum absolute atomic E-state index is 0.0206. The number of carbonyl (C=O) groups is 1. The van der Waals surface area contributed by atoms with Crippen molar-refractivity contribution in [3.05, 3.63) is 34.3 Å². The van der Waals surface area contributed by atoms with Crippen LogP contribution in [0.3, 0.4) is 0 Å². The summed E-state index contributed by atoms with van der Waals surface area (Å²) in [4.78, 5) is 23.1. The van der Waals surface area contributed by atoms with Gasteiger partial charge >= 0.3 is 5.76 Å². The van der Waals surface area contributed by atoms with Crippen molar-refractivity contribution in [1.82, 2.24) is 9.88 Å². The molecule has 0 unspecified atom stereocenters. The third-order valence-corrected chi connectivity index (χ3v) is 3.34. The molecule has 0 saturated carbocycles. The molecule has 114 valence electrons. The van der Waals surface area contributed by atoms with Crippen LogP contribution < -0.4 is 11.1 Å². The summed E-state index contributed by atoms with van der Waals surface area (Å²) in [5.41, 5.74) is 2.32. The summed E-state index contributed by atoms with van der Waals surface area (Å²) in [5, 5.41) is 2.85.